The molecule has 0 atom stereocenters. The van der Waals surface area contributed by atoms with Gasteiger partial charge in [-0.25, -0.2) is 0 Å². The summed E-state index contributed by atoms with van der Waals surface area (Å²) in [5, 5.41) is 2.82. The number of nitrogens with zero attached hydrogens (tertiary/aromatic N) is 3. The fraction of sp³-hybridized carbons (Fsp3) is 0.533. The first-order chi connectivity index (χ1) is 10.6. The highest BCUT2D eigenvalue weighted by Gasteiger charge is 2.20. The largest absolute Gasteiger partial charge is 0.378 e. The smallest absolute Gasteiger partial charge is 0.272 e. The summed E-state index contributed by atoms with van der Waals surface area (Å²) in [6, 6.07) is 3.16. The van der Waals surface area contributed by atoms with E-state index in [0.717, 1.165) is 6.54 Å². The number of likely N-dealkylation sites (N-methyl/N-ethyl adjacent to an activating group) is 1. The van der Waals surface area contributed by atoms with E-state index in [4.69, 9.17) is 4.74 Å². The number of ether oxygens (including phenoxy) is 1. The van der Waals surface area contributed by atoms with E-state index in [-0.39, 0.29) is 11.8 Å². The number of aromatic nitrogens is 1. The van der Waals surface area contributed by atoms with Gasteiger partial charge in [0.1, 0.15) is 5.69 Å². The maximum atomic E-state index is 12.3. The van der Waals surface area contributed by atoms with Crippen molar-refractivity contribution in [1.29, 1.82) is 0 Å². The molecule has 22 heavy (non-hydrogen) atoms. The number of amides is 2. The first-order valence-corrected chi connectivity index (χ1v) is 7.34. The van der Waals surface area contributed by atoms with Crippen LogP contribution in [0.3, 0.4) is 0 Å². The van der Waals surface area contributed by atoms with Crippen molar-refractivity contribution in [3.63, 3.8) is 0 Å². The first kappa shape index (κ1) is 16.4. The normalized spacial score (nSPS) is 15.0. The Kier molecular flexibility index (Phi) is 5.85. The Hall–Kier alpha value is -1.99. The minimum atomic E-state index is -0.194. The van der Waals surface area contributed by atoms with Crippen LogP contribution >= 0.6 is 0 Å². The van der Waals surface area contributed by atoms with E-state index in [1.54, 1.807) is 17.0 Å². The van der Waals surface area contributed by atoms with Gasteiger partial charge in [-0.05, 0) is 26.2 Å². The van der Waals surface area contributed by atoms with Gasteiger partial charge in [0, 0.05) is 37.9 Å². The molecule has 1 aromatic heterocycles. The lowest BCUT2D eigenvalue weighted by atomic mass is 10.2. The minimum absolute atomic E-state index is 0.161. The van der Waals surface area contributed by atoms with Gasteiger partial charge in [-0.2, -0.15) is 0 Å². The van der Waals surface area contributed by atoms with Crippen LogP contribution in [0.5, 0.6) is 0 Å². The van der Waals surface area contributed by atoms with E-state index in [2.05, 4.69) is 10.3 Å². The molecule has 2 amide bonds. The Labute approximate surface area is 130 Å². The molecule has 0 spiro atoms. The quantitative estimate of drug-likeness (QED) is 0.818. The zero-order valence-corrected chi connectivity index (χ0v) is 13.0. The maximum absolute atomic E-state index is 12.3. The standard InChI is InChI=1S/C15H22N4O3/c1-18(2)6-5-17-14(20)12-3-4-16-13(11-12)15(21)19-7-9-22-10-8-19/h3-4,11H,5-10H2,1-2H3,(H,17,20). The van der Waals surface area contributed by atoms with Gasteiger partial charge in [0.05, 0.1) is 13.2 Å². The molecule has 1 aliphatic heterocycles. The number of morpholine rings is 1. The zero-order chi connectivity index (χ0) is 15.9. The van der Waals surface area contributed by atoms with Crippen LogP contribution in [-0.4, -0.2) is 80.1 Å². The first-order valence-electron chi connectivity index (χ1n) is 7.34. The van der Waals surface area contributed by atoms with Crippen molar-refractivity contribution in [3.05, 3.63) is 29.6 Å². The molecule has 0 aromatic carbocycles. The average Bonchev–Trinajstić information content (AvgIpc) is 2.54. The van der Waals surface area contributed by atoms with E-state index < -0.39 is 0 Å². The van der Waals surface area contributed by atoms with Crippen LogP contribution in [0.15, 0.2) is 18.3 Å². The molecular weight excluding hydrogens is 284 g/mol. The van der Waals surface area contributed by atoms with Crippen molar-refractivity contribution in [3.8, 4) is 0 Å². The Morgan fingerprint density at radius 3 is 2.77 bits per heavy atom. The number of carbonyl (C=O) groups excluding carboxylic acids is 2. The van der Waals surface area contributed by atoms with Crippen LogP contribution in [0.4, 0.5) is 0 Å². The molecule has 1 fully saturated rings. The summed E-state index contributed by atoms with van der Waals surface area (Å²) in [5.74, 6) is -0.355. The molecular formula is C15H22N4O3. The van der Waals surface area contributed by atoms with E-state index in [9.17, 15) is 9.59 Å². The van der Waals surface area contributed by atoms with Crippen molar-refractivity contribution in [2.45, 2.75) is 0 Å². The maximum Gasteiger partial charge on any atom is 0.272 e. The summed E-state index contributed by atoms with van der Waals surface area (Å²) in [4.78, 5) is 32.2. The second-order valence-electron chi connectivity index (χ2n) is 5.39. The molecule has 0 aliphatic carbocycles. The lowest BCUT2D eigenvalue weighted by molar-refractivity contribution is 0.0299. The molecule has 7 heteroatoms. The summed E-state index contributed by atoms with van der Waals surface area (Å²) in [5.41, 5.74) is 0.743. The summed E-state index contributed by atoms with van der Waals surface area (Å²) in [7, 11) is 3.88. The van der Waals surface area contributed by atoms with Gasteiger partial charge >= 0.3 is 0 Å². The number of hydrogen-bond acceptors (Lipinski definition) is 5. The summed E-state index contributed by atoms with van der Waals surface area (Å²) in [6.45, 7) is 3.50. The average molecular weight is 306 g/mol. The number of carbonyl (C=O) groups is 2. The van der Waals surface area contributed by atoms with Crippen LogP contribution < -0.4 is 5.32 Å². The van der Waals surface area contributed by atoms with E-state index in [1.807, 2.05) is 19.0 Å². The van der Waals surface area contributed by atoms with Crippen LogP contribution in [0.1, 0.15) is 20.8 Å². The van der Waals surface area contributed by atoms with Gasteiger partial charge in [-0.15, -0.1) is 0 Å². The molecule has 0 unspecified atom stereocenters. The summed E-state index contributed by atoms with van der Waals surface area (Å²) in [6.07, 6.45) is 1.49. The lowest BCUT2D eigenvalue weighted by Crippen LogP contribution is -2.41. The molecule has 2 heterocycles. The van der Waals surface area contributed by atoms with Gasteiger partial charge in [0.2, 0.25) is 0 Å². The molecule has 120 valence electrons. The van der Waals surface area contributed by atoms with Crippen LogP contribution in [0, 0.1) is 0 Å². The Morgan fingerprint density at radius 2 is 2.09 bits per heavy atom. The molecule has 0 saturated carbocycles. The molecule has 0 radical (unpaired) electrons. The van der Waals surface area contributed by atoms with E-state index in [1.165, 1.54) is 6.20 Å². The Bertz CT molecular complexity index is 527. The molecule has 1 saturated heterocycles. The molecule has 7 nitrogen and oxygen atoms in total. The Balaban J connectivity index is 1.99. The van der Waals surface area contributed by atoms with Crippen LogP contribution in [-0.2, 0) is 4.74 Å². The van der Waals surface area contributed by atoms with Crippen molar-refractivity contribution < 1.29 is 14.3 Å². The molecule has 1 N–H and O–H groups in total. The highest BCUT2D eigenvalue weighted by atomic mass is 16.5. The topological polar surface area (TPSA) is 74.8 Å². The van der Waals surface area contributed by atoms with Gasteiger partial charge in [-0.3, -0.25) is 14.6 Å². The van der Waals surface area contributed by atoms with Crippen molar-refractivity contribution in [1.82, 2.24) is 20.1 Å². The fourth-order valence-electron chi connectivity index (χ4n) is 2.11. The second kappa shape index (κ2) is 7.86. The van der Waals surface area contributed by atoms with E-state index in [0.29, 0.717) is 44.1 Å². The summed E-state index contributed by atoms with van der Waals surface area (Å²) >= 11 is 0. The van der Waals surface area contributed by atoms with Crippen molar-refractivity contribution >= 4 is 11.8 Å². The second-order valence-corrected chi connectivity index (χ2v) is 5.39. The summed E-state index contributed by atoms with van der Waals surface area (Å²) < 4.78 is 5.23. The van der Waals surface area contributed by atoms with Gasteiger partial charge in [-0.1, -0.05) is 0 Å². The number of nitrogens with one attached hydrogen (secondary N) is 1. The van der Waals surface area contributed by atoms with Crippen LogP contribution in [0.25, 0.3) is 0 Å². The van der Waals surface area contributed by atoms with Crippen molar-refractivity contribution in [2.75, 3.05) is 53.5 Å². The Morgan fingerprint density at radius 1 is 1.36 bits per heavy atom. The SMILES string of the molecule is CN(C)CCNC(=O)c1ccnc(C(=O)N2CCOCC2)c1. The van der Waals surface area contributed by atoms with Gasteiger partial charge in [0.15, 0.2) is 0 Å². The van der Waals surface area contributed by atoms with Crippen molar-refractivity contribution in [2.24, 2.45) is 0 Å². The van der Waals surface area contributed by atoms with Gasteiger partial charge in [0.25, 0.3) is 11.8 Å². The molecule has 1 aliphatic rings. The number of pyridine rings is 1. The van der Waals surface area contributed by atoms with Gasteiger partial charge < -0.3 is 19.9 Å². The molecule has 1 aromatic rings. The third-order valence-electron chi connectivity index (χ3n) is 3.38. The number of rotatable bonds is 5. The zero-order valence-electron chi connectivity index (χ0n) is 13.0. The monoisotopic (exact) mass is 306 g/mol. The highest BCUT2D eigenvalue weighted by Crippen LogP contribution is 2.07. The fourth-order valence-corrected chi connectivity index (χ4v) is 2.11. The predicted octanol–water partition coefficient (Wildman–Crippen LogP) is -0.155. The molecule has 2 rings (SSSR count). The number of hydrogen-bond donors (Lipinski definition) is 1. The lowest BCUT2D eigenvalue weighted by Gasteiger charge is -2.26. The minimum Gasteiger partial charge on any atom is -0.378 e. The highest BCUT2D eigenvalue weighted by molar-refractivity contribution is 5.98. The predicted molar refractivity (Wildman–Crippen MR) is 81.8 cm³/mol. The van der Waals surface area contributed by atoms with E-state index >= 15 is 0 Å². The third kappa shape index (κ3) is 4.51. The molecule has 0 bridgehead atoms. The third-order valence-corrected chi connectivity index (χ3v) is 3.38. The van der Waals surface area contributed by atoms with Crippen LogP contribution in [0.2, 0.25) is 0 Å².